The topological polar surface area (TPSA) is 54.4 Å². The summed E-state index contributed by atoms with van der Waals surface area (Å²) in [6.07, 6.45) is 4.48. The highest BCUT2D eigenvalue weighted by molar-refractivity contribution is 6.40. The van der Waals surface area contributed by atoms with Gasteiger partial charge in [-0.3, -0.25) is 4.79 Å². The van der Waals surface area contributed by atoms with Gasteiger partial charge in [0.1, 0.15) is 0 Å². The van der Waals surface area contributed by atoms with E-state index in [0.717, 1.165) is 31.2 Å². The maximum absolute atomic E-state index is 11.4. The van der Waals surface area contributed by atoms with Gasteiger partial charge in [-0.15, -0.1) is 0 Å². The second-order valence-electron chi connectivity index (χ2n) is 6.31. The summed E-state index contributed by atoms with van der Waals surface area (Å²) >= 11 is 6.24. The summed E-state index contributed by atoms with van der Waals surface area (Å²) in [7, 11) is 0. The lowest BCUT2D eigenvalue weighted by Crippen LogP contribution is -2.20. The molecule has 0 spiro atoms. The average molecular weight is 295 g/mol. The van der Waals surface area contributed by atoms with E-state index in [1.165, 1.54) is 6.07 Å². The lowest BCUT2D eigenvalue weighted by atomic mass is 9.71. The molecular formula is C16H19ClO3. The quantitative estimate of drug-likeness (QED) is 0.668. The third-order valence-corrected chi connectivity index (χ3v) is 4.56. The van der Waals surface area contributed by atoms with Crippen LogP contribution in [0.15, 0.2) is 18.2 Å². The van der Waals surface area contributed by atoms with Gasteiger partial charge in [0.15, 0.2) is 0 Å². The van der Waals surface area contributed by atoms with E-state index >= 15 is 0 Å². The van der Waals surface area contributed by atoms with Crippen LogP contribution in [0.1, 0.15) is 61.4 Å². The Hall–Kier alpha value is -1.35. The molecule has 1 saturated carbocycles. The van der Waals surface area contributed by atoms with Crippen molar-refractivity contribution < 1.29 is 14.7 Å². The molecule has 108 valence electrons. The van der Waals surface area contributed by atoms with Crippen LogP contribution in [0.2, 0.25) is 5.02 Å². The number of halogens is 1. The Bertz CT molecular complexity index is 539. The number of benzene rings is 1. The Kier molecular flexibility index (Phi) is 4.19. The number of carbonyl (C=O) groups excluding carboxylic acids is 1. The summed E-state index contributed by atoms with van der Waals surface area (Å²) in [5, 5.41) is 9.21. The predicted octanol–water partition coefficient (Wildman–Crippen LogP) is 4.29. The zero-order chi connectivity index (χ0) is 14.9. The molecule has 0 aliphatic heterocycles. The molecule has 1 aliphatic rings. The smallest absolute Gasteiger partial charge is 0.377 e. The van der Waals surface area contributed by atoms with E-state index < -0.39 is 11.8 Å². The molecule has 1 aromatic carbocycles. The second-order valence-corrected chi connectivity index (χ2v) is 6.72. The second kappa shape index (κ2) is 5.57. The molecule has 1 N–H and O–H groups in total. The van der Waals surface area contributed by atoms with Gasteiger partial charge in [-0.2, -0.15) is 0 Å². The lowest BCUT2D eigenvalue weighted by Gasteiger charge is -2.34. The van der Waals surface area contributed by atoms with Gasteiger partial charge in [-0.05, 0) is 48.6 Å². The van der Waals surface area contributed by atoms with Crippen LogP contribution in [0.5, 0.6) is 0 Å². The molecule has 0 aromatic heterocycles. The zero-order valence-electron chi connectivity index (χ0n) is 11.8. The van der Waals surface area contributed by atoms with E-state index in [0.29, 0.717) is 16.4 Å². The largest absolute Gasteiger partial charge is 0.475 e. The molecule has 0 heterocycles. The number of carbonyl (C=O) groups is 2. The van der Waals surface area contributed by atoms with Gasteiger partial charge in [-0.25, -0.2) is 4.79 Å². The van der Waals surface area contributed by atoms with E-state index in [1.54, 1.807) is 6.07 Å². The van der Waals surface area contributed by atoms with Crippen molar-refractivity contribution in [3.8, 4) is 0 Å². The van der Waals surface area contributed by atoms with Crippen LogP contribution in [0, 0.1) is 5.41 Å². The van der Waals surface area contributed by atoms with E-state index in [1.807, 2.05) is 6.07 Å². The normalized spacial score (nSPS) is 18.8. The lowest BCUT2D eigenvalue weighted by molar-refractivity contribution is -0.131. The minimum atomic E-state index is -1.45. The molecule has 0 bridgehead atoms. The fourth-order valence-corrected chi connectivity index (χ4v) is 3.17. The molecule has 20 heavy (non-hydrogen) atoms. The first-order chi connectivity index (χ1) is 9.30. The Labute approximate surface area is 123 Å². The van der Waals surface area contributed by atoms with Gasteiger partial charge in [0.25, 0.3) is 5.78 Å². The molecule has 1 fully saturated rings. The van der Waals surface area contributed by atoms with Crippen LogP contribution < -0.4 is 0 Å². The summed E-state index contributed by atoms with van der Waals surface area (Å²) < 4.78 is 0. The van der Waals surface area contributed by atoms with Crippen LogP contribution in [0.3, 0.4) is 0 Å². The Balaban J connectivity index is 2.19. The first kappa shape index (κ1) is 15.0. The van der Waals surface area contributed by atoms with Crippen LogP contribution >= 0.6 is 11.6 Å². The molecule has 1 aromatic rings. The van der Waals surface area contributed by atoms with Crippen molar-refractivity contribution >= 4 is 23.4 Å². The van der Waals surface area contributed by atoms with Crippen LogP contribution in [-0.4, -0.2) is 16.9 Å². The van der Waals surface area contributed by atoms with Crippen molar-refractivity contribution in [3.63, 3.8) is 0 Å². The van der Waals surface area contributed by atoms with Gasteiger partial charge < -0.3 is 5.11 Å². The van der Waals surface area contributed by atoms with E-state index in [2.05, 4.69) is 13.8 Å². The van der Waals surface area contributed by atoms with Gasteiger partial charge in [0.2, 0.25) is 0 Å². The number of hydrogen-bond acceptors (Lipinski definition) is 2. The summed E-state index contributed by atoms with van der Waals surface area (Å²) in [5.74, 6) is -1.96. The predicted molar refractivity (Wildman–Crippen MR) is 78.4 cm³/mol. The number of Topliss-reactive ketones (excluding diaryl/α,β-unsaturated/α-hetero) is 1. The van der Waals surface area contributed by atoms with Crippen LogP contribution in [0.25, 0.3) is 0 Å². The van der Waals surface area contributed by atoms with Crippen molar-refractivity contribution in [2.75, 3.05) is 0 Å². The molecule has 0 atom stereocenters. The van der Waals surface area contributed by atoms with E-state index in [-0.39, 0.29) is 5.56 Å². The zero-order valence-corrected chi connectivity index (χ0v) is 12.5. The number of hydrogen-bond donors (Lipinski definition) is 1. The molecule has 2 rings (SSSR count). The third kappa shape index (κ3) is 3.21. The van der Waals surface area contributed by atoms with Gasteiger partial charge in [0.05, 0.1) is 0 Å². The molecule has 0 amide bonds. The number of aliphatic carboxylic acids is 1. The van der Waals surface area contributed by atoms with Crippen LogP contribution in [0.4, 0.5) is 0 Å². The SMILES string of the molecule is CC1(C)CCC(c2ccc(C(=O)C(=O)O)cc2Cl)CC1. The van der Waals surface area contributed by atoms with Crippen molar-refractivity contribution in [3.05, 3.63) is 34.3 Å². The van der Waals surface area contributed by atoms with E-state index in [4.69, 9.17) is 16.7 Å². The van der Waals surface area contributed by atoms with Crippen molar-refractivity contribution in [1.29, 1.82) is 0 Å². The highest BCUT2D eigenvalue weighted by atomic mass is 35.5. The molecule has 0 unspecified atom stereocenters. The summed E-state index contributed by atoms with van der Waals surface area (Å²) in [4.78, 5) is 22.1. The molecule has 1 aliphatic carbocycles. The first-order valence-corrected chi connectivity index (χ1v) is 7.25. The first-order valence-electron chi connectivity index (χ1n) is 6.87. The highest BCUT2D eigenvalue weighted by Crippen LogP contribution is 2.44. The number of rotatable bonds is 3. The number of carboxylic acids is 1. The summed E-state index contributed by atoms with van der Waals surface area (Å²) in [5.41, 5.74) is 1.56. The van der Waals surface area contributed by atoms with E-state index in [9.17, 15) is 9.59 Å². The monoisotopic (exact) mass is 294 g/mol. The fraction of sp³-hybridized carbons (Fsp3) is 0.500. The van der Waals surface area contributed by atoms with Crippen molar-refractivity contribution in [2.24, 2.45) is 5.41 Å². The minimum Gasteiger partial charge on any atom is -0.475 e. The standard InChI is InChI=1S/C16H19ClO3/c1-16(2)7-5-10(6-8-16)12-4-3-11(9-13(12)17)14(18)15(19)20/h3-4,9-10H,5-8H2,1-2H3,(H,19,20). The van der Waals surface area contributed by atoms with Crippen molar-refractivity contribution in [2.45, 2.75) is 45.4 Å². The molecule has 0 radical (unpaired) electrons. The Morgan fingerprint density at radius 1 is 1.25 bits per heavy atom. The summed E-state index contributed by atoms with van der Waals surface area (Å²) in [6.45, 7) is 4.55. The molecule has 4 heteroatoms. The number of ketones is 1. The Morgan fingerprint density at radius 2 is 1.85 bits per heavy atom. The van der Waals surface area contributed by atoms with Gasteiger partial charge in [-0.1, -0.05) is 37.6 Å². The Morgan fingerprint density at radius 3 is 2.35 bits per heavy atom. The molecular weight excluding hydrogens is 276 g/mol. The maximum atomic E-state index is 11.4. The number of carboxylic acid groups (broad SMARTS) is 1. The highest BCUT2D eigenvalue weighted by Gasteiger charge is 2.29. The average Bonchev–Trinajstić information content (AvgIpc) is 2.38. The third-order valence-electron chi connectivity index (χ3n) is 4.24. The maximum Gasteiger partial charge on any atom is 0.377 e. The molecule has 0 saturated heterocycles. The minimum absolute atomic E-state index is 0.141. The summed E-state index contributed by atoms with van der Waals surface area (Å²) in [6, 6.07) is 4.85. The van der Waals surface area contributed by atoms with Gasteiger partial charge >= 0.3 is 5.97 Å². The van der Waals surface area contributed by atoms with Crippen molar-refractivity contribution in [1.82, 2.24) is 0 Å². The fourth-order valence-electron chi connectivity index (χ4n) is 2.83. The van der Waals surface area contributed by atoms with Crippen LogP contribution in [-0.2, 0) is 4.79 Å². The molecule has 3 nitrogen and oxygen atoms in total. The van der Waals surface area contributed by atoms with Gasteiger partial charge in [0, 0.05) is 10.6 Å².